The molecule has 0 unspecified atom stereocenters. The van der Waals surface area contributed by atoms with Crippen molar-refractivity contribution in [3.8, 4) is 33.4 Å². The highest BCUT2D eigenvalue weighted by Gasteiger charge is 2.35. The van der Waals surface area contributed by atoms with E-state index in [0.717, 1.165) is 17.1 Å². The van der Waals surface area contributed by atoms with Crippen molar-refractivity contribution < 1.29 is 0 Å². The first-order valence-corrected chi connectivity index (χ1v) is 18.5. The molecule has 1 nitrogen and oxygen atoms in total. The number of nitrogens with zero attached hydrogens (tertiary/aromatic N) is 1. The molecule has 9 aromatic rings. The summed E-state index contributed by atoms with van der Waals surface area (Å²) >= 11 is 1.88. The molecule has 1 heterocycles. The van der Waals surface area contributed by atoms with E-state index in [4.69, 9.17) is 0 Å². The fraction of sp³-hybridized carbons (Fsp3) is 0.0612. The van der Waals surface area contributed by atoms with Gasteiger partial charge in [0.1, 0.15) is 0 Å². The van der Waals surface area contributed by atoms with Gasteiger partial charge in [-0.15, -0.1) is 11.3 Å². The first-order chi connectivity index (χ1) is 25.0. The van der Waals surface area contributed by atoms with Crippen molar-refractivity contribution >= 4 is 59.3 Å². The molecule has 1 aliphatic rings. The van der Waals surface area contributed by atoms with Crippen LogP contribution in [0.1, 0.15) is 25.0 Å². The first-order valence-electron chi connectivity index (χ1n) is 17.7. The van der Waals surface area contributed by atoms with Crippen LogP contribution >= 0.6 is 11.3 Å². The van der Waals surface area contributed by atoms with Crippen LogP contribution in [0, 0.1) is 0 Å². The summed E-state index contributed by atoms with van der Waals surface area (Å²) in [6.45, 7) is 4.69. The summed E-state index contributed by atoms with van der Waals surface area (Å²) in [5, 5.41) is 5.30. The molecule has 0 fully saturated rings. The minimum absolute atomic E-state index is 0.0352. The zero-order chi connectivity index (χ0) is 34.1. The summed E-state index contributed by atoms with van der Waals surface area (Å²) in [6.07, 6.45) is 0. The van der Waals surface area contributed by atoms with Crippen molar-refractivity contribution in [3.63, 3.8) is 0 Å². The van der Waals surface area contributed by atoms with Gasteiger partial charge in [0.2, 0.25) is 0 Å². The lowest BCUT2D eigenvalue weighted by Crippen LogP contribution is -2.15. The van der Waals surface area contributed by atoms with Gasteiger partial charge < -0.3 is 4.90 Å². The van der Waals surface area contributed by atoms with E-state index in [2.05, 4.69) is 195 Å². The largest absolute Gasteiger partial charge is 0.310 e. The zero-order valence-electron chi connectivity index (χ0n) is 28.6. The zero-order valence-corrected chi connectivity index (χ0v) is 29.4. The second-order valence-electron chi connectivity index (χ2n) is 14.1. The van der Waals surface area contributed by atoms with Crippen LogP contribution in [0.25, 0.3) is 64.3 Å². The fourth-order valence-electron chi connectivity index (χ4n) is 8.35. The number of fused-ring (bicyclic) bond motifs is 8. The van der Waals surface area contributed by atoms with Crippen molar-refractivity contribution in [1.29, 1.82) is 0 Å². The molecule has 0 saturated carbocycles. The van der Waals surface area contributed by atoms with Crippen LogP contribution < -0.4 is 4.90 Å². The highest BCUT2D eigenvalue weighted by molar-refractivity contribution is 7.26. The molecule has 1 aromatic heterocycles. The summed E-state index contributed by atoms with van der Waals surface area (Å²) in [6, 6.07) is 64.8. The Morgan fingerprint density at radius 2 is 0.961 bits per heavy atom. The van der Waals surface area contributed by atoms with E-state index in [-0.39, 0.29) is 5.41 Å². The topological polar surface area (TPSA) is 3.24 Å². The fourth-order valence-corrected chi connectivity index (χ4v) is 9.51. The molecule has 242 valence electrons. The van der Waals surface area contributed by atoms with Crippen molar-refractivity contribution in [2.45, 2.75) is 19.3 Å². The minimum atomic E-state index is -0.0352. The average Bonchev–Trinajstić information content (AvgIpc) is 3.67. The quantitative estimate of drug-likeness (QED) is 0.176. The Balaban J connectivity index is 1.11. The van der Waals surface area contributed by atoms with Gasteiger partial charge in [0.15, 0.2) is 0 Å². The highest BCUT2D eigenvalue weighted by atomic mass is 32.1. The van der Waals surface area contributed by atoms with Crippen LogP contribution in [-0.4, -0.2) is 0 Å². The lowest BCUT2D eigenvalue weighted by Gasteiger charge is -2.27. The van der Waals surface area contributed by atoms with Gasteiger partial charge in [0, 0.05) is 42.6 Å². The standard InChI is InChI=1S/C49H35NS/c1-49(2)44-18-10-8-15-39(44)43-30-37(28-29-45(43)49)50(35-24-20-33(21-25-35)32-12-4-3-5-13-32)36-26-22-34(23-27-36)42-31-47-48(40-16-7-6-14-38(40)42)41-17-9-11-19-46(41)51-47/h3-31H,1-2H3. The summed E-state index contributed by atoms with van der Waals surface area (Å²) < 4.78 is 2.66. The summed E-state index contributed by atoms with van der Waals surface area (Å²) in [5.74, 6) is 0. The summed E-state index contributed by atoms with van der Waals surface area (Å²) in [5.41, 5.74) is 13.7. The van der Waals surface area contributed by atoms with Gasteiger partial charge in [-0.2, -0.15) is 0 Å². The lowest BCUT2D eigenvalue weighted by molar-refractivity contribution is 0.660. The number of hydrogen-bond donors (Lipinski definition) is 0. The summed E-state index contributed by atoms with van der Waals surface area (Å²) in [4.78, 5) is 2.40. The van der Waals surface area contributed by atoms with E-state index in [0.29, 0.717) is 0 Å². The number of thiophene rings is 1. The Bertz CT molecular complexity index is 2750. The van der Waals surface area contributed by atoms with Gasteiger partial charge in [0.25, 0.3) is 0 Å². The molecule has 0 aliphatic heterocycles. The second-order valence-corrected chi connectivity index (χ2v) is 15.2. The molecule has 8 aromatic carbocycles. The molecule has 0 amide bonds. The first kappa shape index (κ1) is 29.9. The summed E-state index contributed by atoms with van der Waals surface area (Å²) in [7, 11) is 0. The van der Waals surface area contributed by atoms with Gasteiger partial charge >= 0.3 is 0 Å². The Labute approximate surface area is 302 Å². The van der Waals surface area contributed by atoms with E-state index in [1.54, 1.807) is 0 Å². The molecule has 1 aliphatic carbocycles. The Hall–Kier alpha value is -5.96. The van der Waals surface area contributed by atoms with Gasteiger partial charge in [-0.25, -0.2) is 0 Å². The van der Waals surface area contributed by atoms with Crippen LogP contribution in [0.5, 0.6) is 0 Å². The second kappa shape index (κ2) is 11.6. The maximum atomic E-state index is 2.40. The Morgan fingerprint density at radius 3 is 1.73 bits per heavy atom. The lowest BCUT2D eigenvalue weighted by atomic mass is 9.82. The van der Waals surface area contributed by atoms with Crippen LogP contribution in [0.4, 0.5) is 17.1 Å². The van der Waals surface area contributed by atoms with Crippen molar-refractivity contribution in [2.24, 2.45) is 0 Å². The number of hydrogen-bond acceptors (Lipinski definition) is 2. The third kappa shape index (κ3) is 4.75. The minimum Gasteiger partial charge on any atom is -0.310 e. The van der Waals surface area contributed by atoms with E-state index in [1.807, 2.05) is 11.3 Å². The molecule has 0 saturated heterocycles. The van der Waals surface area contributed by atoms with Crippen LogP contribution in [-0.2, 0) is 5.41 Å². The predicted molar refractivity (Wildman–Crippen MR) is 220 cm³/mol. The molecule has 2 heteroatoms. The SMILES string of the molecule is CC1(C)c2ccccc2-c2cc(N(c3ccc(-c4ccccc4)cc3)c3ccc(-c4cc5sc6ccccc6c5c5ccccc45)cc3)ccc21. The van der Waals surface area contributed by atoms with Crippen molar-refractivity contribution in [2.75, 3.05) is 4.90 Å². The Morgan fingerprint density at radius 1 is 0.392 bits per heavy atom. The molecule has 0 spiro atoms. The van der Waals surface area contributed by atoms with Crippen molar-refractivity contribution in [3.05, 3.63) is 187 Å². The van der Waals surface area contributed by atoms with E-state index >= 15 is 0 Å². The molecule has 0 bridgehead atoms. The molecular weight excluding hydrogens is 635 g/mol. The number of anilines is 3. The van der Waals surface area contributed by atoms with Gasteiger partial charge in [-0.05, 0) is 104 Å². The van der Waals surface area contributed by atoms with Gasteiger partial charge in [-0.1, -0.05) is 141 Å². The predicted octanol–water partition coefficient (Wildman–Crippen LogP) is 14.3. The Kier molecular flexibility index (Phi) is 6.78. The normalized spacial score (nSPS) is 13.1. The molecule has 51 heavy (non-hydrogen) atoms. The van der Waals surface area contributed by atoms with Gasteiger partial charge in [-0.3, -0.25) is 0 Å². The van der Waals surface area contributed by atoms with E-state index in [1.165, 1.54) is 75.5 Å². The molecule has 0 radical (unpaired) electrons. The smallest absolute Gasteiger partial charge is 0.0468 e. The maximum absolute atomic E-state index is 2.40. The number of rotatable bonds is 5. The molecule has 0 N–H and O–H groups in total. The molecule has 10 rings (SSSR count). The molecule has 0 atom stereocenters. The van der Waals surface area contributed by atoms with Gasteiger partial charge in [0.05, 0.1) is 0 Å². The third-order valence-corrected chi connectivity index (χ3v) is 12.0. The van der Waals surface area contributed by atoms with Crippen LogP contribution in [0.2, 0.25) is 0 Å². The van der Waals surface area contributed by atoms with Crippen LogP contribution in [0.3, 0.4) is 0 Å². The van der Waals surface area contributed by atoms with E-state index in [9.17, 15) is 0 Å². The average molecular weight is 670 g/mol. The molecular formula is C49H35NS. The highest BCUT2D eigenvalue weighted by Crippen LogP contribution is 2.51. The monoisotopic (exact) mass is 669 g/mol. The van der Waals surface area contributed by atoms with E-state index < -0.39 is 0 Å². The van der Waals surface area contributed by atoms with Crippen LogP contribution in [0.15, 0.2) is 176 Å². The van der Waals surface area contributed by atoms with Crippen molar-refractivity contribution in [1.82, 2.24) is 0 Å². The third-order valence-electron chi connectivity index (χ3n) is 10.9. The maximum Gasteiger partial charge on any atom is 0.0468 e. The number of benzene rings is 8.